The molecular weight excluding hydrogens is 114 g/mol. The van der Waals surface area contributed by atoms with Crippen LogP contribution in [0.25, 0.3) is 0 Å². The second-order valence-electron chi connectivity index (χ2n) is 2.48. The quantitative estimate of drug-likeness (QED) is 0.590. The minimum Gasteiger partial charge on any atom is -0.392 e. The molecule has 2 nitrogen and oxygen atoms in total. The molecule has 0 aliphatic rings. The van der Waals surface area contributed by atoms with Crippen molar-refractivity contribution in [2.45, 2.75) is 39.3 Å². The molecule has 2 heteroatoms. The molecule has 2 N–H and O–H groups in total. The molecular formula is C7H17NO. The second kappa shape index (κ2) is 4.77. The number of aliphatic hydroxyl groups excluding tert-OH is 1. The first-order valence-corrected chi connectivity index (χ1v) is 3.60. The van der Waals surface area contributed by atoms with E-state index in [1.54, 1.807) is 6.92 Å². The Morgan fingerprint density at radius 1 is 1.44 bits per heavy atom. The maximum absolute atomic E-state index is 8.99. The zero-order valence-electron chi connectivity index (χ0n) is 6.52. The minimum absolute atomic E-state index is 0.227. The molecule has 2 atom stereocenters. The van der Waals surface area contributed by atoms with Crippen LogP contribution in [0.15, 0.2) is 0 Å². The Balaban J connectivity index is 3.16. The van der Waals surface area contributed by atoms with Crippen molar-refractivity contribution in [2.75, 3.05) is 6.54 Å². The number of hydrogen-bond acceptors (Lipinski definition) is 2. The molecule has 0 bridgehead atoms. The number of rotatable bonds is 4. The van der Waals surface area contributed by atoms with Crippen LogP contribution in [0.2, 0.25) is 0 Å². The Labute approximate surface area is 57.3 Å². The van der Waals surface area contributed by atoms with Crippen LogP contribution < -0.4 is 5.32 Å². The lowest BCUT2D eigenvalue weighted by Gasteiger charge is -2.15. The molecule has 0 aromatic heterocycles. The number of nitrogens with one attached hydrogen (secondary N) is 1. The summed E-state index contributed by atoms with van der Waals surface area (Å²) in [5.74, 6) is 0. The Morgan fingerprint density at radius 3 is 2.33 bits per heavy atom. The zero-order valence-corrected chi connectivity index (χ0v) is 6.52. The summed E-state index contributed by atoms with van der Waals surface area (Å²) in [6, 6.07) is 0.227. The third kappa shape index (κ3) is 4.43. The fourth-order valence-electron chi connectivity index (χ4n) is 0.543. The summed E-state index contributed by atoms with van der Waals surface area (Å²) in [5, 5.41) is 12.2. The molecule has 0 heterocycles. The summed E-state index contributed by atoms with van der Waals surface area (Å²) in [6.07, 6.45) is 0.883. The first-order chi connectivity index (χ1) is 4.18. The van der Waals surface area contributed by atoms with Crippen LogP contribution in [-0.4, -0.2) is 23.8 Å². The van der Waals surface area contributed by atoms with E-state index in [2.05, 4.69) is 12.2 Å². The number of aliphatic hydroxyl groups is 1. The Morgan fingerprint density at radius 2 is 2.00 bits per heavy atom. The summed E-state index contributed by atoms with van der Waals surface area (Å²) in [5.41, 5.74) is 0. The fourth-order valence-corrected chi connectivity index (χ4v) is 0.543. The van der Waals surface area contributed by atoms with Crippen molar-refractivity contribution in [1.29, 1.82) is 0 Å². The van der Waals surface area contributed by atoms with Gasteiger partial charge in [0.2, 0.25) is 0 Å². The highest BCUT2D eigenvalue weighted by atomic mass is 16.3. The van der Waals surface area contributed by atoms with Gasteiger partial charge in [0.25, 0.3) is 0 Å². The van der Waals surface area contributed by atoms with Gasteiger partial charge in [0.05, 0.1) is 6.10 Å². The molecule has 56 valence electrons. The number of hydrogen-bond donors (Lipinski definition) is 2. The lowest BCUT2D eigenvalue weighted by Crippen LogP contribution is -2.35. The monoisotopic (exact) mass is 131 g/mol. The first-order valence-electron chi connectivity index (χ1n) is 3.60. The van der Waals surface area contributed by atoms with E-state index in [9.17, 15) is 0 Å². The van der Waals surface area contributed by atoms with E-state index in [4.69, 9.17) is 5.11 Å². The van der Waals surface area contributed by atoms with Crippen LogP contribution in [0.1, 0.15) is 27.2 Å². The van der Waals surface area contributed by atoms with Gasteiger partial charge in [-0.25, -0.2) is 0 Å². The molecule has 0 saturated carbocycles. The molecule has 0 rings (SSSR count). The summed E-state index contributed by atoms with van der Waals surface area (Å²) >= 11 is 0. The van der Waals surface area contributed by atoms with Crippen molar-refractivity contribution in [3.63, 3.8) is 0 Å². The summed E-state index contributed by atoms with van der Waals surface area (Å²) < 4.78 is 0. The van der Waals surface area contributed by atoms with Crippen LogP contribution in [-0.2, 0) is 0 Å². The van der Waals surface area contributed by atoms with Gasteiger partial charge in [-0.05, 0) is 26.8 Å². The summed E-state index contributed by atoms with van der Waals surface area (Å²) in [6.45, 7) is 6.89. The predicted octanol–water partition coefficient (Wildman–Crippen LogP) is 0.755. The lowest BCUT2D eigenvalue weighted by molar-refractivity contribution is 0.153. The molecule has 0 fully saturated rings. The highest BCUT2D eigenvalue weighted by Gasteiger charge is 2.04. The van der Waals surface area contributed by atoms with E-state index in [1.165, 1.54) is 0 Å². The molecule has 0 aromatic rings. The van der Waals surface area contributed by atoms with Crippen molar-refractivity contribution in [1.82, 2.24) is 5.32 Å². The third-order valence-corrected chi connectivity index (χ3v) is 1.44. The highest BCUT2D eigenvalue weighted by molar-refractivity contribution is 4.64. The van der Waals surface area contributed by atoms with Gasteiger partial charge in [0.1, 0.15) is 0 Å². The largest absolute Gasteiger partial charge is 0.392 e. The van der Waals surface area contributed by atoms with E-state index >= 15 is 0 Å². The lowest BCUT2D eigenvalue weighted by atomic mass is 10.2. The van der Waals surface area contributed by atoms with Gasteiger partial charge in [0.15, 0.2) is 0 Å². The van der Waals surface area contributed by atoms with Crippen molar-refractivity contribution >= 4 is 0 Å². The molecule has 0 spiro atoms. The van der Waals surface area contributed by atoms with Crippen molar-refractivity contribution < 1.29 is 5.11 Å². The Kier molecular flexibility index (Phi) is 4.72. The van der Waals surface area contributed by atoms with E-state index in [0.717, 1.165) is 13.0 Å². The van der Waals surface area contributed by atoms with E-state index in [-0.39, 0.29) is 12.1 Å². The van der Waals surface area contributed by atoms with Gasteiger partial charge in [0, 0.05) is 6.04 Å². The normalized spacial score (nSPS) is 17.3. The maximum atomic E-state index is 8.99. The van der Waals surface area contributed by atoms with Gasteiger partial charge >= 0.3 is 0 Å². The molecule has 0 saturated heterocycles. The molecule has 0 radical (unpaired) electrons. The minimum atomic E-state index is -0.239. The molecule has 9 heavy (non-hydrogen) atoms. The van der Waals surface area contributed by atoms with Gasteiger partial charge in [-0.2, -0.15) is 0 Å². The maximum Gasteiger partial charge on any atom is 0.0662 e. The van der Waals surface area contributed by atoms with Crippen LogP contribution in [0.3, 0.4) is 0 Å². The summed E-state index contributed by atoms with van der Waals surface area (Å²) in [7, 11) is 0. The molecule has 0 aliphatic heterocycles. The van der Waals surface area contributed by atoms with Crippen molar-refractivity contribution in [2.24, 2.45) is 0 Å². The van der Waals surface area contributed by atoms with E-state index in [0.29, 0.717) is 0 Å². The fraction of sp³-hybridized carbons (Fsp3) is 1.00. The molecule has 0 aromatic carbocycles. The second-order valence-corrected chi connectivity index (χ2v) is 2.48. The van der Waals surface area contributed by atoms with Crippen LogP contribution in [0.5, 0.6) is 0 Å². The van der Waals surface area contributed by atoms with Gasteiger partial charge < -0.3 is 10.4 Å². The van der Waals surface area contributed by atoms with Crippen LogP contribution in [0.4, 0.5) is 0 Å². The van der Waals surface area contributed by atoms with Gasteiger partial charge in [-0.1, -0.05) is 6.92 Å². The SMILES string of the molecule is CCCNC(C)C(C)O. The smallest absolute Gasteiger partial charge is 0.0662 e. The third-order valence-electron chi connectivity index (χ3n) is 1.44. The van der Waals surface area contributed by atoms with Crippen molar-refractivity contribution in [3.8, 4) is 0 Å². The Bertz CT molecular complexity index is 63.9. The van der Waals surface area contributed by atoms with Crippen LogP contribution >= 0.6 is 0 Å². The molecule has 0 amide bonds. The van der Waals surface area contributed by atoms with E-state index in [1.807, 2.05) is 6.92 Å². The van der Waals surface area contributed by atoms with Crippen LogP contribution in [0, 0.1) is 0 Å². The standard InChI is InChI=1S/C7H17NO/c1-4-5-8-6(2)7(3)9/h6-9H,4-5H2,1-3H3. The average Bonchev–Trinajstić information content (AvgIpc) is 1.82. The van der Waals surface area contributed by atoms with Gasteiger partial charge in [-0.15, -0.1) is 0 Å². The molecule has 2 unspecified atom stereocenters. The van der Waals surface area contributed by atoms with Crippen molar-refractivity contribution in [3.05, 3.63) is 0 Å². The van der Waals surface area contributed by atoms with Gasteiger partial charge in [-0.3, -0.25) is 0 Å². The molecule has 0 aliphatic carbocycles. The predicted molar refractivity (Wildman–Crippen MR) is 39.4 cm³/mol. The Hall–Kier alpha value is -0.0800. The van der Waals surface area contributed by atoms with E-state index < -0.39 is 0 Å². The average molecular weight is 131 g/mol. The zero-order chi connectivity index (χ0) is 7.28. The highest BCUT2D eigenvalue weighted by Crippen LogP contribution is 1.89. The first kappa shape index (κ1) is 8.92. The topological polar surface area (TPSA) is 32.3 Å². The summed E-state index contributed by atoms with van der Waals surface area (Å²) in [4.78, 5) is 0.